The molecule has 232 valence electrons. The van der Waals surface area contributed by atoms with E-state index in [2.05, 4.69) is 117 Å². The maximum Gasteiger partial charge on any atom is -1.00 e. The summed E-state index contributed by atoms with van der Waals surface area (Å²) in [4.78, 5) is 0. The Bertz CT molecular complexity index is 1390. The van der Waals surface area contributed by atoms with Crippen LogP contribution in [0.4, 0.5) is 0 Å². The predicted octanol–water partition coefficient (Wildman–Crippen LogP) is 5.34. The van der Waals surface area contributed by atoms with Gasteiger partial charge in [0.15, 0.2) is 0 Å². The molecular formula is C40H52Cl2Zr-2. The molecule has 0 N–H and O–H groups in total. The van der Waals surface area contributed by atoms with Crippen LogP contribution in [0.2, 0.25) is 0 Å². The van der Waals surface area contributed by atoms with Gasteiger partial charge in [0, 0.05) is 0 Å². The van der Waals surface area contributed by atoms with Crippen LogP contribution in [0.5, 0.6) is 0 Å². The second kappa shape index (κ2) is 13.9. The normalized spacial score (nSPS) is 25.5. The van der Waals surface area contributed by atoms with E-state index in [0.717, 1.165) is 24.2 Å². The summed E-state index contributed by atoms with van der Waals surface area (Å²) in [6.07, 6.45) is 16.3. The fraction of sp³-hybridized carbons (Fsp3) is 0.550. The molecule has 43 heavy (non-hydrogen) atoms. The Balaban J connectivity index is 0.000000205. The molecule has 5 aliphatic carbocycles. The second-order valence-corrected chi connectivity index (χ2v) is 18.5. The maximum absolute atomic E-state index is 3.69. The van der Waals surface area contributed by atoms with E-state index in [1.807, 2.05) is 0 Å². The van der Waals surface area contributed by atoms with Crippen molar-refractivity contribution < 1.29 is 49.0 Å². The maximum atomic E-state index is 3.69. The molecule has 5 aliphatic rings. The number of hydrogen-bond acceptors (Lipinski definition) is 0. The summed E-state index contributed by atoms with van der Waals surface area (Å²) < 4.78 is 1.51. The Labute approximate surface area is 290 Å². The third-order valence-corrected chi connectivity index (χ3v) is 10.1. The summed E-state index contributed by atoms with van der Waals surface area (Å²) in [7, 11) is 0. The molecule has 0 saturated heterocycles. The molecule has 0 spiro atoms. The molecule has 0 heterocycles. The van der Waals surface area contributed by atoms with Gasteiger partial charge in [-0.3, -0.25) is 6.08 Å². The monoisotopic (exact) mass is 692 g/mol. The quantitative estimate of drug-likeness (QED) is 0.302. The van der Waals surface area contributed by atoms with Crippen molar-refractivity contribution in [2.45, 2.75) is 118 Å². The first-order chi connectivity index (χ1) is 19.1. The molecular weight excluding hydrogens is 643 g/mol. The Morgan fingerprint density at radius 2 is 1.16 bits per heavy atom. The zero-order chi connectivity index (χ0) is 29.7. The number of benzene rings is 2. The van der Waals surface area contributed by atoms with Crippen molar-refractivity contribution in [1.29, 1.82) is 0 Å². The van der Waals surface area contributed by atoms with Crippen molar-refractivity contribution in [3.8, 4) is 0 Å². The van der Waals surface area contributed by atoms with Crippen LogP contribution in [0, 0.1) is 29.2 Å². The number of hydrogen-bond donors (Lipinski definition) is 0. The van der Waals surface area contributed by atoms with E-state index in [0.29, 0.717) is 5.41 Å². The molecule has 3 heteroatoms. The molecule has 4 fully saturated rings. The molecule has 0 aromatic heterocycles. The number of halogens is 2. The smallest absolute Gasteiger partial charge is 1.00 e. The van der Waals surface area contributed by atoms with Crippen molar-refractivity contribution in [2.24, 2.45) is 23.2 Å². The third kappa shape index (κ3) is 8.11. The topological polar surface area (TPSA) is 0 Å². The van der Waals surface area contributed by atoms with E-state index in [4.69, 9.17) is 0 Å². The molecule has 0 radical (unpaired) electrons. The van der Waals surface area contributed by atoms with Crippen molar-refractivity contribution in [2.75, 3.05) is 0 Å². The van der Waals surface area contributed by atoms with Gasteiger partial charge in [0.1, 0.15) is 0 Å². The summed E-state index contributed by atoms with van der Waals surface area (Å²) in [5, 5.41) is 5.49. The minimum absolute atomic E-state index is 0. The van der Waals surface area contributed by atoms with Crippen molar-refractivity contribution in [1.82, 2.24) is 0 Å². The van der Waals surface area contributed by atoms with Gasteiger partial charge in [-0.15, -0.1) is 53.1 Å². The molecule has 0 aliphatic heterocycles. The molecule has 0 atom stereocenters. The molecule has 0 amide bonds. The van der Waals surface area contributed by atoms with Crippen LogP contribution in [-0.4, -0.2) is 3.21 Å². The Kier molecular flexibility index (Phi) is 11.8. The number of fused-ring (bicyclic) bond motifs is 3. The fourth-order valence-corrected chi connectivity index (χ4v) is 8.50. The molecule has 0 unspecified atom stereocenters. The molecule has 0 nitrogen and oxygen atoms in total. The van der Waals surface area contributed by atoms with E-state index in [1.54, 1.807) is 54.6 Å². The van der Waals surface area contributed by atoms with Crippen LogP contribution in [0.25, 0.3) is 21.5 Å². The predicted molar refractivity (Wildman–Crippen MR) is 177 cm³/mol. The van der Waals surface area contributed by atoms with Crippen LogP contribution >= 0.6 is 0 Å². The number of rotatable bonds is 1. The molecule has 8 rings (SSSR count). The minimum Gasteiger partial charge on any atom is -1.00 e. The fourth-order valence-electron chi connectivity index (χ4n) is 8.50. The molecule has 3 aromatic carbocycles. The largest absolute Gasteiger partial charge is 1.00 e. The van der Waals surface area contributed by atoms with Gasteiger partial charge in [-0.2, -0.15) is 6.08 Å². The van der Waals surface area contributed by atoms with Crippen LogP contribution in [0.3, 0.4) is 0 Å². The van der Waals surface area contributed by atoms with Crippen LogP contribution < -0.4 is 24.8 Å². The average molecular weight is 695 g/mol. The van der Waals surface area contributed by atoms with Crippen LogP contribution in [0.15, 0.2) is 59.7 Å². The summed E-state index contributed by atoms with van der Waals surface area (Å²) in [6.45, 7) is 20.2. The Hall–Kier alpha value is -0.877. The van der Waals surface area contributed by atoms with Gasteiger partial charge in [-0.1, -0.05) is 76.9 Å². The first-order valence-electron chi connectivity index (χ1n) is 16.1. The second-order valence-electron chi connectivity index (χ2n) is 16.1. The van der Waals surface area contributed by atoms with Gasteiger partial charge in [0.05, 0.1) is 0 Å². The number of allylic oxidation sites excluding steroid dienone is 4. The molecule has 3 aromatic rings. The zero-order valence-electron chi connectivity index (χ0n) is 28.1. The van der Waals surface area contributed by atoms with E-state index in [9.17, 15) is 0 Å². The van der Waals surface area contributed by atoms with Gasteiger partial charge in [0.25, 0.3) is 0 Å². The van der Waals surface area contributed by atoms with E-state index >= 15 is 0 Å². The van der Waals surface area contributed by atoms with Crippen LogP contribution in [0.1, 0.15) is 118 Å². The van der Waals surface area contributed by atoms with E-state index in [1.165, 1.54) is 55.1 Å². The third-order valence-electron chi connectivity index (χ3n) is 10.1. The minimum atomic E-state index is 0. The van der Waals surface area contributed by atoms with Crippen molar-refractivity contribution in [3.05, 3.63) is 76.9 Å². The first kappa shape index (κ1) is 36.6. The van der Waals surface area contributed by atoms with Crippen LogP contribution in [-0.2, 0) is 35.1 Å². The average Bonchev–Trinajstić information content (AvgIpc) is 3.45. The SMILES string of the molecule is CC(C)(C)c1ccc2[cH-]c3ccc(C(C)(C)C)cc3c2c1.CC1=CC[C-]=C1C12CC3CC(CC(C3)C1)C2.C[C](C)=[Zr+2].[Cl-].[Cl-]. The van der Waals surface area contributed by atoms with Gasteiger partial charge in [-0.05, 0) is 72.5 Å². The van der Waals surface area contributed by atoms with E-state index < -0.39 is 0 Å². The van der Waals surface area contributed by atoms with Gasteiger partial charge in [0.2, 0.25) is 0 Å². The van der Waals surface area contributed by atoms with Gasteiger partial charge in [-0.25, -0.2) is 11.1 Å². The molecule has 4 bridgehead atoms. The van der Waals surface area contributed by atoms with Crippen molar-refractivity contribution in [3.63, 3.8) is 0 Å². The van der Waals surface area contributed by atoms with E-state index in [-0.39, 0.29) is 35.6 Å². The Morgan fingerprint density at radius 1 is 0.767 bits per heavy atom. The standard InChI is InChI=1S/C21H25.C16H21.C3H6.2ClH.Zr/c1-20(2,3)16-9-7-14-11-15-8-10-17(21(4,5)6)13-19(15)18(14)12-16;1-11-3-2-4-15(11)16-8-12-5-13(9-16)7-14(6-12)10-16;1-3-2;;;/h7-13H,1-6H3;3,12-14H,2,5-10H2,1H3;1-2H3;2*1H;/q2*-1;;;;+2/p-2. The summed E-state index contributed by atoms with van der Waals surface area (Å²) >= 11 is 1.55. The Morgan fingerprint density at radius 3 is 1.49 bits per heavy atom. The van der Waals surface area contributed by atoms with Gasteiger partial charge >= 0.3 is 41.3 Å². The summed E-state index contributed by atoms with van der Waals surface area (Å²) in [5.41, 5.74) is 6.99. The molecule has 4 saturated carbocycles. The zero-order valence-corrected chi connectivity index (χ0v) is 32.0. The van der Waals surface area contributed by atoms with Gasteiger partial charge < -0.3 is 24.8 Å². The summed E-state index contributed by atoms with van der Waals surface area (Å²) in [5.74, 6) is 3.19. The van der Waals surface area contributed by atoms with Crippen molar-refractivity contribution >= 4 is 24.8 Å². The first-order valence-corrected chi connectivity index (χ1v) is 17.3. The summed E-state index contributed by atoms with van der Waals surface area (Å²) in [6, 6.07) is 16.1.